The third kappa shape index (κ3) is 50.2. The zero-order valence-electron chi connectivity index (χ0n) is 41.1. The van der Waals surface area contributed by atoms with Gasteiger partial charge in [-0.1, -0.05) is 254 Å². The SMILES string of the molecule is CC/C=C\C/C=C\C/C=C\C/C=C\CCC(=O)OC(CO)COC(=O)CCCCCCCCCCCCCCCCCCCCCCCCC/C=C\CCCCCCCCCC. The molecule has 0 rings (SSSR count). The zero-order valence-corrected chi connectivity index (χ0v) is 41.1. The average Bonchev–Trinajstić information content (AvgIpc) is 3.28. The fourth-order valence-corrected chi connectivity index (χ4v) is 7.80. The van der Waals surface area contributed by atoms with Crippen molar-refractivity contribution in [2.75, 3.05) is 13.2 Å². The van der Waals surface area contributed by atoms with Crippen molar-refractivity contribution < 1.29 is 24.2 Å². The number of unbranched alkanes of at least 4 members (excludes halogenated alkanes) is 31. The van der Waals surface area contributed by atoms with Crippen molar-refractivity contribution in [2.45, 2.75) is 277 Å². The number of allylic oxidation sites excluding steroid dienone is 10. The largest absolute Gasteiger partial charge is 0.462 e. The monoisotopic (exact) mass is 867 g/mol. The van der Waals surface area contributed by atoms with Crippen molar-refractivity contribution in [3.05, 3.63) is 60.8 Å². The molecule has 0 aliphatic rings. The number of ether oxygens (including phenoxy) is 2. The van der Waals surface area contributed by atoms with Crippen LogP contribution in [0.2, 0.25) is 0 Å². The number of hydrogen-bond acceptors (Lipinski definition) is 5. The van der Waals surface area contributed by atoms with Crippen LogP contribution in [-0.4, -0.2) is 36.4 Å². The van der Waals surface area contributed by atoms with Crippen molar-refractivity contribution in [1.29, 1.82) is 0 Å². The van der Waals surface area contributed by atoms with Gasteiger partial charge in [0, 0.05) is 12.8 Å². The second-order valence-electron chi connectivity index (χ2n) is 17.9. The Morgan fingerprint density at radius 1 is 0.387 bits per heavy atom. The Morgan fingerprint density at radius 3 is 1.11 bits per heavy atom. The molecule has 0 spiro atoms. The van der Waals surface area contributed by atoms with Crippen LogP contribution in [0.1, 0.15) is 271 Å². The second kappa shape index (κ2) is 52.9. The summed E-state index contributed by atoms with van der Waals surface area (Å²) in [5.41, 5.74) is 0. The van der Waals surface area contributed by atoms with Crippen LogP contribution in [0.25, 0.3) is 0 Å². The van der Waals surface area contributed by atoms with E-state index in [1.807, 2.05) is 12.2 Å². The predicted molar refractivity (Wildman–Crippen MR) is 270 cm³/mol. The van der Waals surface area contributed by atoms with Gasteiger partial charge in [-0.3, -0.25) is 9.59 Å². The molecule has 1 unspecified atom stereocenters. The van der Waals surface area contributed by atoms with Crippen molar-refractivity contribution >= 4 is 11.9 Å². The molecule has 0 saturated carbocycles. The first-order chi connectivity index (χ1) is 30.6. The van der Waals surface area contributed by atoms with Crippen LogP contribution in [0.15, 0.2) is 60.8 Å². The van der Waals surface area contributed by atoms with E-state index in [9.17, 15) is 14.7 Å². The quantitative estimate of drug-likeness (QED) is 0.0375. The van der Waals surface area contributed by atoms with Gasteiger partial charge in [0.25, 0.3) is 0 Å². The maximum atomic E-state index is 12.2. The minimum Gasteiger partial charge on any atom is -0.462 e. The number of carbonyl (C=O) groups is 2. The van der Waals surface area contributed by atoms with Crippen LogP contribution in [0, 0.1) is 0 Å². The first-order valence-electron chi connectivity index (χ1n) is 26.8. The summed E-state index contributed by atoms with van der Waals surface area (Å²) in [6.45, 7) is 3.98. The summed E-state index contributed by atoms with van der Waals surface area (Å²) in [6.07, 6.45) is 70.9. The molecule has 0 aliphatic carbocycles. The molecule has 0 radical (unpaired) electrons. The van der Waals surface area contributed by atoms with Crippen LogP contribution in [-0.2, 0) is 19.1 Å². The number of aliphatic hydroxyl groups excluding tert-OH is 1. The highest BCUT2D eigenvalue weighted by atomic mass is 16.6. The van der Waals surface area contributed by atoms with E-state index in [2.05, 4.69) is 62.5 Å². The summed E-state index contributed by atoms with van der Waals surface area (Å²) in [7, 11) is 0. The summed E-state index contributed by atoms with van der Waals surface area (Å²) < 4.78 is 10.6. The average molecular weight is 867 g/mol. The molecule has 62 heavy (non-hydrogen) atoms. The molecule has 0 fully saturated rings. The fourth-order valence-electron chi connectivity index (χ4n) is 7.80. The molecule has 5 nitrogen and oxygen atoms in total. The molecule has 0 aromatic carbocycles. The maximum Gasteiger partial charge on any atom is 0.306 e. The van der Waals surface area contributed by atoms with E-state index in [0.717, 1.165) is 44.9 Å². The Labute approximate surface area is 385 Å². The van der Waals surface area contributed by atoms with E-state index in [-0.39, 0.29) is 25.6 Å². The number of hydrogen-bond donors (Lipinski definition) is 1. The molecule has 0 aliphatic heterocycles. The van der Waals surface area contributed by atoms with E-state index in [1.165, 1.54) is 193 Å². The molecule has 0 bridgehead atoms. The minimum atomic E-state index is -0.810. The lowest BCUT2D eigenvalue weighted by atomic mass is 10.0. The molecule has 1 atom stereocenters. The Hall–Kier alpha value is -2.40. The summed E-state index contributed by atoms with van der Waals surface area (Å²) in [5, 5.41) is 9.58. The van der Waals surface area contributed by atoms with Crippen LogP contribution in [0.3, 0.4) is 0 Å². The standard InChI is InChI=1S/C57H102O5/c1-3-5-7-9-11-13-15-17-18-19-20-21-22-23-24-25-26-27-28-29-30-31-32-33-34-35-36-37-38-40-41-43-45-47-49-51-56(59)61-54-55(53-58)62-57(60)52-50-48-46-44-42-39-16-14-12-10-8-6-4-2/h6,8,12,14,19-20,39,42,46,48,55,58H,3-5,7,9-11,13,15-18,21-38,40-41,43-45,47,49-54H2,1-2H3/b8-6-,14-12-,20-19-,42-39-,48-46-. The highest BCUT2D eigenvalue weighted by Crippen LogP contribution is 2.17. The van der Waals surface area contributed by atoms with E-state index in [4.69, 9.17) is 9.47 Å². The van der Waals surface area contributed by atoms with Gasteiger partial charge in [0.05, 0.1) is 6.61 Å². The third-order valence-electron chi connectivity index (χ3n) is 11.8. The first kappa shape index (κ1) is 59.6. The lowest BCUT2D eigenvalue weighted by Crippen LogP contribution is -2.28. The van der Waals surface area contributed by atoms with Gasteiger partial charge >= 0.3 is 11.9 Å². The predicted octanol–water partition coefficient (Wildman–Crippen LogP) is 17.9. The maximum absolute atomic E-state index is 12.2. The number of esters is 2. The van der Waals surface area contributed by atoms with Gasteiger partial charge in [-0.05, 0) is 64.2 Å². The van der Waals surface area contributed by atoms with E-state index in [0.29, 0.717) is 12.8 Å². The van der Waals surface area contributed by atoms with Crippen LogP contribution >= 0.6 is 0 Å². The van der Waals surface area contributed by atoms with E-state index in [1.54, 1.807) is 0 Å². The number of aliphatic hydroxyl groups is 1. The summed E-state index contributed by atoms with van der Waals surface area (Å²) in [6, 6.07) is 0. The van der Waals surface area contributed by atoms with Gasteiger partial charge in [0.15, 0.2) is 6.10 Å². The Kier molecular flexibility index (Phi) is 50.9. The van der Waals surface area contributed by atoms with Crippen molar-refractivity contribution in [2.24, 2.45) is 0 Å². The minimum absolute atomic E-state index is 0.0937. The summed E-state index contributed by atoms with van der Waals surface area (Å²) >= 11 is 0. The van der Waals surface area contributed by atoms with Crippen molar-refractivity contribution in [1.82, 2.24) is 0 Å². The van der Waals surface area contributed by atoms with Crippen LogP contribution in [0.5, 0.6) is 0 Å². The van der Waals surface area contributed by atoms with Crippen LogP contribution in [0.4, 0.5) is 0 Å². The van der Waals surface area contributed by atoms with Crippen molar-refractivity contribution in [3.63, 3.8) is 0 Å². The molecule has 360 valence electrons. The molecule has 0 aromatic heterocycles. The summed E-state index contributed by atoms with van der Waals surface area (Å²) in [5.74, 6) is -0.679. The lowest BCUT2D eigenvalue weighted by molar-refractivity contribution is -0.161. The number of rotatable bonds is 49. The fraction of sp³-hybridized carbons (Fsp3) is 0.789. The molecule has 0 amide bonds. The highest BCUT2D eigenvalue weighted by Gasteiger charge is 2.15. The van der Waals surface area contributed by atoms with Gasteiger partial charge < -0.3 is 14.6 Å². The molecule has 0 saturated heterocycles. The topological polar surface area (TPSA) is 72.8 Å². The molecule has 0 aromatic rings. The van der Waals surface area contributed by atoms with Gasteiger partial charge in [0.2, 0.25) is 0 Å². The lowest BCUT2D eigenvalue weighted by Gasteiger charge is -2.15. The Bertz CT molecular complexity index is 1070. The highest BCUT2D eigenvalue weighted by molar-refractivity contribution is 5.70. The van der Waals surface area contributed by atoms with Gasteiger partial charge in [-0.2, -0.15) is 0 Å². The number of carbonyl (C=O) groups excluding carboxylic acids is 2. The second-order valence-corrected chi connectivity index (χ2v) is 17.9. The molecule has 5 heteroatoms. The smallest absolute Gasteiger partial charge is 0.306 e. The van der Waals surface area contributed by atoms with Gasteiger partial charge in [-0.15, -0.1) is 0 Å². The summed E-state index contributed by atoms with van der Waals surface area (Å²) in [4.78, 5) is 24.3. The van der Waals surface area contributed by atoms with Gasteiger partial charge in [0.1, 0.15) is 6.61 Å². The molecular formula is C57H102O5. The third-order valence-corrected chi connectivity index (χ3v) is 11.8. The first-order valence-corrected chi connectivity index (χ1v) is 26.8. The van der Waals surface area contributed by atoms with Gasteiger partial charge in [-0.25, -0.2) is 0 Å². The molecule has 0 heterocycles. The molecular weight excluding hydrogens is 765 g/mol. The Morgan fingerprint density at radius 2 is 0.726 bits per heavy atom. The van der Waals surface area contributed by atoms with Crippen LogP contribution < -0.4 is 0 Å². The molecule has 1 N–H and O–H groups in total. The Balaban J connectivity index is 3.41. The van der Waals surface area contributed by atoms with E-state index < -0.39 is 12.1 Å². The van der Waals surface area contributed by atoms with E-state index >= 15 is 0 Å². The zero-order chi connectivity index (χ0) is 44.9. The normalized spacial score (nSPS) is 12.6. The van der Waals surface area contributed by atoms with Crippen molar-refractivity contribution in [3.8, 4) is 0 Å².